The molecule has 0 spiro atoms. The van der Waals surface area contributed by atoms with Crippen LogP contribution in [0.3, 0.4) is 0 Å². The molecule has 0 amide bonds. The number of hydrogen-bond donors (Lipinski definition) is 1. The van der Waals surface area contributed by atoms with Gasteiger partial charge in [0.1, 0.15) is 23.8 Å². The fourth-order valence-corrected chi connectivity index (χ4v) is 2.72. The molecule has 0 aromatic carbocycles. The molecule has 120 valence electrons. The molecule has 24 heavy (non-hydrogen) atoms. The number of pyridine rings is 2. The van der Waals surface area contributed by atoms with Gasteiger partial charge in [-0.2, -0.15) is 5.10 Å². The van der Waals surface area contributed by atoms with E-state index < -0.39 is 12.5 Å². The van der Waals surface area contributed by atoms with Gasteiger partial charge in [0, 0.05) is 29.5 Å². The Morgan fingerprint density at radius 3 is 2.79 bits per heavy atom. The van der Waals surface area contributed by atoms with Crippen LogP contribution in [-0.4, -0.2) is 31.4 Å². The highest BCUT2D eigenvalue weighted by molar-refractivity contribution is 5.96. The standard InChI is InChI=1S/C17H13F2N5/c18-5-8-24-10-14(12-3-6-20-17-13(12)4-7-21-17)16(23-24)15-2-1-11(19)9-22-15/h1-4,6-7,9-10H,5,8H2,(H,20,21). The van der Waals surface area contributed by atoms with Gasteiger partial charge in [0.05, 0.1) is 18.4 Å². The lowest BCUT2D eigenvalue weighted by molar-refractivity contribution is 0.427. The van der Waals surface area contributed by atoms with Gasteiger partial charge in [-0.25, -0.2) is 13.8 Å². The van der Waals surface area contributed by atoms with Gasteiger partial charge >= 0.3 is 0 Å². The number of aryl methyl sites for hydroxylation is 1. The molecular formula is C17H13F2N5. The summed E-state index contributed by atoms with van der Waals surface area (Å²) in [7, 11) is 0. The second-order valence-corrected chi connectivity index (χ2v) is 5.30. The van der Waals surface area contributed by atoms with Crippen LogP contribution in [0, 0.1) is 5.82 Å². The van der Waals surface area contributed by atoms with E-state index in [9.17, 15) is 8.78 Å². The van der Waals surface area contributed by atoms with E-state index in [0.29, 0.717) is 11.4 Å². The first-order valence-electron chi connectivity index (χ1n) is 7.44. The van der Waals surface area contributed by atoms with Gasteiger partial charge < -0.3 is 4.98 Å². The van der Waals surface area contributed by atoms with Gasteiger partial charge in [-0.05, 0) is 29.8 Å². The minimum absolute atomic E-state index is 0.148. The number of hydrogen-bond acceptors (Lipinski definition) is 3. The van der Waals surface area contributed by atoms with Crippen LogP contribution in [0.5, 0.6) is 0 Å². The van der Waals surface area contributed by atoms with Crippen LogP contribution < -0.4 is 0 Å². The third kappa shape index (κ3) is 2.44. The first-order chi connectivity index (χ1) is 11.8. The van der Waals surface area contributed by atoms with Crippen molar-refractivity contribution in [1.29, 1.82) is 0 Å². The molecule has 4 rings (SSSR count). The summed E-state index contributed by atoms with van der Waals surface area (Å²) < 4.78 is 27.4. The summed E-state index contributed by atoms with van der Waals surface area (Å²) in [5.74, 6) is -0.416. The van der Waals surface area contributed by atoms with E-state index in [4.69, 9.17) is 0 Å². The molecule has 4 aromatic rings. The molecule has 0 atom stereocenters. The van der Waals surface area contributed by atoms with Gasteiger partial charge in [0.25, 0.3) is 0 Å². The Labute approximate surface area is 136 Å². The lowest BCUT2D eigenvalue weighted by atomic mass is 10.0. The highest BCUT2D eigenvalue weighted by atomic mass is 19.1. The van der Waals surface area contributed by atoms with Crippen molar-refractivity contribution in [1.82, 2.24) is 24.7 Å². The fourth-order valence-electron chi connectivity index (χ4n) is 2.72. The SMILES string of the molecule is FCCn1cc(-c2ccnc3[nH]ccc23)c(-c2ccc(F)cn2)n1. The maximum Gasteiger partial charge on any atom is 0.141 e. The molecule has 0 bridgehead atoms. The normalized spacial score (nSPS) is 11.2. The number of nitrogens with one attached hydrogen (secondary N) is 1. The molecule has 0 radical (unpaired) electrons. The number of aromatic amines is 1. The Kier molecular flexibility index (Phi) is 3.53. The first kappa shape index (κ1) is 14.5. The number of halogens is 2. The number of nitrogens with zero attached hydrogens (tertiary/aromatic N) is 4. The Morgan fingerprint density at radius 2 is 2.00 bits per heavy atom. The third-order valence-electron chi connectivity index (χ3n) is 3.80. The van der Waals surface area contributed by atoms with E-state index in [1.54, 1.807) is 18.5 Å². The van der Waals surface area contributed by atoms with E-state index >= 15 is 0 Å². The Balaban J connectivity index is 1.93. The molecule has 5 nitrogen and oxygen atoms in total. The quantitative estimate of drug-likeness (QED) is 0.624. The molecule has 0 fully saturated rings. The second kappa shape index (κ2) is 5.84. The summed E-state index contributed by atoms with van der Waals surface area (Å²) in [6.45, 7) is -0.372. The monoisotopic (exact) mass is 325 g/mol. The summed E-state index contributed by atoms with van der Waals surface area (Å²) in [6.07, 6.45) is 6.43. The summed E-state index contributed by atoms with van der Waals surface area (Å²) in [5.41, 5.74) is 3.58. The van der Waals surface area contributed by atoms with Crippen LogP contribution >= 0.6 is 0 Å². The van der Waals surface area contributed by atoms with Crippen molar-refractivity contribution in [3.8, 4) is 22.5 Å². The fraction of sp³-hybridized carbons (Fsp3) is 0.118. The van der Waals surface area contributed by atoms with Crippen molar-refractivity contribution in [2.45, 2.75) is 6.54 Å². The minimum atomic E-state index is -0.521. The Hall–Kier alpha value is -3.09. The molecule has 4 heterocycles. The van der Waals surface area contributed by atoms with Crippen LogP contribution in [0.25, 0.3) is 33.5 Å². The molecule has 0 saturated heterocycles. The summed E-state index contributed by atoms with van der Waals surface area (Å²) in [6, 6.07) is 6.70. The van der Waals surface area contributed by atoms with Crippen molar-refractivity contribution in [3.63, 3.8) is 0 Å². The van der Waals surface area contributed by atoms with Gasteiger partial charge in [0.2, 0.25) is 0 Å². The zero-order valence-electron chi connectivity index (χ0n) is 12.6. The molecule has 0 aliphatic carbocycles. The highest BCUT2D eigenvalue weighted by Crippen LogP contribution is 2.34. The van der Waals surface area contributed by atoms with E-state index in [1.807, 2.05) is 18.3 Å². The van der Waals surface area contributed by atoms with Crippen molar-refractivity contribution in [2.75, 3.05) is 6.67 Å². The lowest BCUT2D eigenvalue weighted by Crippen LogP contribution is -2.00. The largest absolute Gasteiger partial charge is 0.346 e. The number of H-pyrrole nitrogens is 1. The molecular weight excluding hydrogens is 312 g/mol. The highest BCUT2D eigenvalue weighted by Gasteiger charge is 2.17. The van der Waals surface area contributed by atoms with E-state index in [1.165, 1.54) is 10.7 Å². The smallest absolute Gasteiger partial charge is 0.141 e. The number of rotatable bonds is 4. The molecule has 0 aliphatic rings. The minimum Gasteiger partial charge on any atom is -0.346 e. The average molecular weight is 325 g/mol. The van der Waals surface area contributed by atoms with Gasteiger partial charge in [-0.3, -0.25) is 9.67 Å². The van der Waals surface area contributed by atoms with Crippen molar-refractivity contribution in [2.24, 2.45) is 0 Å². The molecule has 0 unspecified atom stereocenters. The lowest BCUT2D eigenvalue weighted by Gasteiger charge is -2.03. The predicted molar refractivity (Wildman–Crippen MR) is 86.5 cm³/mol. The van der Waals surface area contributed by atoms with Gasteiger partial charge in [0.15, 0.2) is 0 Å². The van der Waals surface area contributed by atoms with Crippen LogP contribution in [0.2, 0.25) is 0 Å². The summed E-state index contributed by atoms with van der Waals surface area (Å²) in [4.78, 5) is 11.4. The molecule has 1 N–H and O–H groups in total. The van der Waals surface area contributed by atoms with Crippen LogP contribution in [0.4, 0.5) is 8.78 Å². The first-order valence-corrected chi connectivity index (χ1v) is 7.44. The van der Waals surface area contributed by atoms with E-state index in [2.05, 4.69) is 20.1 Å². The third-order valence-corrected chi connectivity index (χ3v) is 3.80. The number of alkyl halides is 1. The van der Waals surface area contributed by atoms with Crippen LogP contribution in [0.15, 0.2) is 49.1 Å². The van der Waals surface area contributed by atoms with Crippen molar-refractivity contribution < 1.29 is 8.78 Å². The van der Waals surface area contributed by atoms with Gasteiger partial charge in [-0.1, -0.05) is 0 Å². The molecule has 7 heteroatoms. The zero-order chi connectivity index (χ0) is 16.5. The van der Waals surface area contributed by atoms with Crippen LogP contribution in [-0.2, 0) is 6.54 Å². The molecule has 0 aliphatic heterocycles. The van der Waals surface area contributed by atoms with E-state index in [0.717, 1.165) is 28.4 Å². The maximum atomic E-state index is 13.2. The Bertz CT molecular complexity index is 988. The van der Waals surface area contributed by atoms with Crippen molar-refractivity contribution in [3.05, 3.63) is 54.9 Å². The number of fused-ring (bicyclic) bond motifs is 1. The maximum absolute atomic E-state index is 13.2. The molecule has 4 aromatic heterocycles. The predicted octanol–water partition coefficient (Wildman–Crippen LogP) is 3.60. The average Bonchev–Trinajstić information content (AvgIpc) is 3.22. The Morgan fingerprint density at radius 1 is 1.08 bits per heavy atom. The van der Waals surface area contributed by atoms with Crippen LogP contribution in [0.1, 0.15) is 0 Å². The topological polar surface area (TPSA) is 59.4 Å². The molecule has 0 saturated carbocycles. The number of aromatic nitrogens is 5. The van der Waals surface area contributed by atoms with Crippen molar-refractivity contribution >= 4 is 11.0 Å². The van der Waals surface area contributed by atoms with Gasteiger partial charge in [-0.15, -0.1) is 0 Å². The summed E-state index contributed by atoms with van der Waals surface area (Å²) >= 11 is 0. The summed E-state index contributed by atoms with van der Waals surface area (Å²) in [5, 5.41) is 5.36. The van der Waals surface area contributed by atoms with E-state index in [-0.39, 0.29) is 6.54 Å². The second-order valence-electron chi connectivity index (χ2n) is 5.30. The zero-order valence-corrected chi connectivity index (χ0v) is 12.6.